The van der Waals surface area contributed by atoms with Crippen LogP contribution in [0.5, 0.6) is 0 Å². The first-order chi connectivity index (χ1) is 6.61. The van der Waals surface area contributed by atoms with Crippen molar-refractivity contribution in [3.63, 3.8) is 0 Å². The molecule has 3 heteroatoms. The Morgan fingerprint density at radius 3 is 2.50 bits per heavy atom. The summed E-state index contributed by atoms with van der Waals surface area (Å²) in [7, 11) is 0. The topological polar surface area (TPSA) is 52.9 Å². The van der Waals surface area contributed by atoms with Crippen molar-refractivity contribution in [1.29, 1.82) is 5.26 Å². The lowest BCUT2D eigenvalue weighted by atomic mass is 10.0. The minimum absolute atomic E-state index is 0.116. The number of nitrogens with one attached hydrogen (secondary N) is 1. The average molecular weight is 196 g/mol. The van der Waals surface area contributed by atoms with E-state index in [0.29, 0.717) is 18.9 Å². The van der Waals surface area contributed by atoms with Crippen molar-refractivity contribution in [1.82, 2.24) is 5.32 Å². The predicted molar refractivity (Wildman–Crippen MR) is 56.5 cm³/mol. The third kappa shape index (κ3) is 5.58. The standard InChI is InChI=1S/C11H20N2O/c1-4-5-10(8-12)11(14)13-7-6-9(2)3/h9-10H,4-7H2,1-3H3,(H,13,14). The molecule has 0 heterocycles. The van der Waals surface area contributed by atoms with Gasteiger partial charge in [-0.15, -0.1) is 0 Å². The zero-order valence-corrected chi connectivity index (χ0v) is 9.34. The molecular formula is C11H20N2O. The molecule has 3 nitrogen and oxygen atoms in total. The predicted octanol–water partition coefficient (Wildman–Crippen LogP) is 2.09. The fourth-order valence-electron chi connectivity index (χ4n) is 1.15. The second-order valence-corrected chi connectivity index (χ2v) is 3.94. The lowest BCUT2D eigenvalue weighted by Crippen LogP contribution is -2.31. The molecule has 0 aliphatic heterocycles. The van der Waals surface area contributed by atoms with Crippen LogP contribution < -0.4 is 5.32 Å². The number of hydrogen-bond donors (Lipinski definition) is 1. The first-order valence-corrected chi connectivity index (χ1v) is 5.29. The zero-order valence-electron chi connectivity index (χ0n) is 9.34. The number of nitriles is 1. The number of nitrogens with zero attached hydrogens (tertiary/aromatic N) is 1. The lowest BCUT2D eigenvalue weighted by Gasteiger charge is -2.10. The number of carbonyl (C=O) groups is 1. The molecule has 14 heavy (non-hydrogen) atoms. The third-order valence-electron chi connectivity index (χ3n) is 2.07. The van der Waals surface area contributed by atoms with Crippen molar-refractivity contribution in [3.8, 4) is 6.07 Å². The Hall–Kier alpha value is -1.04. The van der Waals surface area contributed by atoms with E-state index >= 15 is 0 Å². The van der Waals surface area contributed by atoms with Crippen LogP contribution in [0.2, 0.25) is 0 Å². The monoisotopic (exact) mass is 196 g/mol. The van der Waals surface area contributed by atoms with Crippen LogP contribution in [-0.4, -0.2) is 12.5 Å². The molecule has 0 aromatic rings. The van der Waals surface area contributed by atoms with E-state index in [2.05, 4.69) is 19.2 Å². The first-order valence-electron chi connectivity index (χ1n) is 5.29. The highest BCUT2D eigenvalue weighted by Gasteiger charge is 2.15. The van der Waals surface area contributed by atoms with Gasteiger partial charge >= 0.3 is 0 Å². The van der Waals surface area contributed by atoms with Crippen LogP contribution in [0, 0.1) is 23.2 Å². The SMILES string of the molecule is CCCC(C#N)C(=O)NCCC(C)C. The molecule has 0 fully saturated rings. The van der Waals surface area contributed by atoms with Gasteiger partial charge in [-0.25, -0.2) is 0 Å². The summed E-state index contributed by atoms with van der Waals surface area (Å²) in [6.07, 6.45) is 2.50. The van der Waals surface area contributed by atoms with Gasteiger partial charge in [0.05, 0.1) is 6.07 Å². The normalized spacial score (nSPS) is 12.2. The molecule has 1 unspecified atom stereocenters. The number of rotatable bonds is 6. The Morgan fingerprint density at radius 2 is 2.07 bits per heavy atom. The first kappa shape index (κ1) is 13.0. The molecule has 0 aliphatic carbocycles. The zero-order chi connectivity index (χ0) is 11.0. The van der Waals surface area contributed by atoms with E-state index in [1.807, 2.05) is 13.0 Å². The van der Waals surface area contributed by atoms with Crippen LogP contribution in [0.4, 0.5) is 0 Å². The largest absolute Gasteiger partial charge is 0.355 e. The summed E-state index contributed by atoms with van der Waals surface area (Å²) < 4.78 is 0. The molecule has 80 valence electrons. The van der Waals surface area contributed by atoms with E-state index in [9.17, 15) is 4.79 Å². The van der Waals surface area contributed by atoms with Crippen molar-refractivity contribution < 1.29 is 4.79 Å². The molecule has 1 amide bonds. The smallest absolute Gasteiger partial charge is 0.237 e. The quantitative estimate of drug-likeness (QED) is 0.707. The summed E-state index contributed by atoms with van der Waals surface area (Å²) in [6, 6.07) is 2.03. The van der Waals surface area contributed by atoms with E-state index in [4.69, 9.17) is 5.26 Å². The van der Waals surface area contributed by atoms with E-state index in [0.717, 1.165) is 12.8 Å². The Kier molecular flexibility index (Phi) is 6.82. The van der Waals surface area contributed by atoms with E-state index in [1.54, 1.807) is 0 Å². The molecule has 0 rings (SSSR count). The van der Waals surface area contributed by atoms with Gasteiger partial charge in [0.15, 0.2) is 0 Å². The summed E-state index contributed by atoms with van der Waals surface area (Å²) >= 11 is 0. The van der Waals surface area contributed by atoms with Crippen LogP contribution in [0.15, 0.2) is 0 Å². The Labute approximate surface area is 86.5 Å². The molecule has 0 aromatic carbocycles. The maximum atomic E-state index is 11.4. The van der Waals surface area contributed by atoms with Crippen molar-refractivity contribution in [3.05, 3.63) is 0 Å². The molecule has 0 aliphatic rings. The third-order valence-corrected chi connectivity index (χ3v) is 2.07. The number of hydrogen-bond acceptors (Lipinski definition) is 2. The molecule has 0 saturated heterocycles. The highest BCUT2D eigenvalue weighted by Crippen LogP contribution is 2.05. The van der Waals surface area contributed by atoms with Gasteiger partial charge in [0.1, 0.15) is 5.92 Å². The Balaban J connectivity index is 3.77. The molecule has 0 aromatic heterocycles. The summed E-state index contributed by atoms with van der Waals surface area (Å²) in [5, 5.41) is 11.5. The van der Waals surface area contributed by atoms with Gasteiger partial charge in [0.2, 0.25) is 5.91 Å². The number of carbonyl (C=O) groups excluding carboxylic acids is 1. The molecule has 1 atom stereocenters. The van der Waals surface area contributed by atoms with Crippen LogP contribution in [-0.2, 0) is 4.79 Å². The summed E-state index contributed by atoms with van der Waals surface area (Å²) in [4.78, 5) is 11.4. The minimum Gasteiger partial charge on any atom is -0.355 e. The van der Waals surface area contributed by atoms with Gasteiger partial charge < -0.3 is 5.32 Å². The second kappa shape index (κ2) is 7.37. The maximum absolute atomic E-state index is 11.4. The van der Waals surface area contributed by atoms with Gasteiger partial charge in [0.25, 0.3) is 0 Å². The van der Waals surface area contributed by atoms with Gasteiger partial charge in [-0.3, -0.25) is 4.79 Å². The maximum Gasteiger partial charge on any atom is 0.237 e. The number of amides is 1. The summed E-state index contributed by atoms with van der Waals surface area (Å²) in [5.74, 6) is 0.00386. The molecule has 0 radical (unpaired) electrons. The molecule has 0 saturated carbocycles. The Morgan fingerprint density at radius 1 is 1.43 bits per heavy atom. The molecule has 1 N–H and O–H groups in total. The van der Waals surface area contributed by atoms with Gasteiger partial charge in [-0.2, -0.15) is 5.26 Å². The van der Waals surface area contributed by atoms with Crippen molar-refractivity contribution in [2.24, 2.45) is 11.8 Å². The fourth-order valence-corrected chi connectivity index (χ4v) is 1.15. The van der Waals surface area contributed by atoms with Gasteiger partial charge in [-0.05, 0) is 18.8 Å². The molecule has 0 spiro atoms. The fraction of sp³-hybridized carbons (Fsp3) is 0.818. The van der Waals surface area contributed by atoms with Crippen LogP contribution >= 0.6 is 0 Å². The van der Waals surface area contributed by atoms with E-state index in [1.165, 1.54) is 0 Å². The van der Waals surface area contributed by atoms with Gasteiger partial charge in [0, 0.05) is 6.54 Å². The summed E-state index contributed by atoms with van der Waals surface area (Å²) in [5.41, 5.74) is 0. The highest BCUT2D eigenvalue weighted by atomic mass is 16.1. The Bertz CT molecular complexity index is 206. The highest BCUT2D eigenvalue weighted by molar-refractivity contribution is 5.80. The van der Waals surface area contributed by atoms with Crippen molar-refractivity contribution in [2.45, 2.75) is 40.0 Å². The lowest BCUT2D eigenvalue weighted by molar-refractivity contribution is -0.123. The molecule has 0 bridgehead atoms. The van der Waals surface area contributed by atoms with Crippen LogP contribution in [0.25, 0.3) is 0 Å². The van der Waals surface area contributed by atoms with Crippen molar-refractivity contribution >= 4 is 5.91 Å². The van der Waals surface area contributed by atoms with E-state index in [-0.39, 0.29) is 5.91 Å². The van der Waals surface area contributed by atoms with Crippen LogP contribution in [0.1, 0.15) is 40.0 Å². The minimum atomic E-state index is -0.466. The molecular weight excluding hydrogens is 176 g/mol. The summed E-state index contributed by atoms with van der Waals surface area (Å²) in [6.45, 7) is 6.88. The van der Waals surface area contributed by atoms with E-state index < -0.39 is 5.92 Å². The van der Waals surface area contributed by atoms with Gasteiger partial charge in [-0.1, -0.05) is 27.2 Å². The second-order valence-electron chi connectivity index (χ2n) is 3.94. The van der Waals surface area contributed by atoms with Crippen LogP contribution in [0.3, 0.4) is 0 Å². The average Bonchev–Trinajstić information content (AvgIpc) is 2.13. The van der Waals surface area contributed by atoms with Crippen molar-refractivity contribution in [2.75, 3.05) is 6.54 Å².